The Labute approximate surface area is 55.6 Å². The largest absolute Gasteiger partial charge is 0.309 e. The first-order valence-corrected chi connectivity index (χ1v) is 3.58. The zero-order chi connectivity index (χ0) is 6.74. The fourth-order valence-corrected chi connectivity index (χ4v) is 1.23. The average molecular weight is 131 g/mol. The van der Waals surface area contributed by atoms with Gasteiger partial charge in [-0.1, -0.05) is 0 Å². The lowest BCUT2D eigenvalue weighted by Crippen LogP contribution is -2.48. The van der Waals surface area contributed by atoms with E-state index in [9.17, 15) is 4.39 Å². The maximum absolute atomic E-state index is 11.6. The number of hydrogen-bond donors (Lipinski definition) is 1. The second-order valence-corrected chi connectivity index (χ2v) is 3.03. The van der Waals surface area contributed by atoms with Gasteiger partial charge in [0.25, 0.3) is 0 Å². The summed E-state index contributed by atoms with van der Waals surface area (Å²) >= 11 is 0. The fourth-order valence-electron chi connectivity index (χ4n) is 1.23. The molecule has 1 rings (SSSR count). The van der Waals surface area contributed by atoms with Crippen LogP contribution in [0, 0.1) is 0 Å². The first-order valence-electron chi connectivity index (χ1n) is 3.58. The summed E-state index contributed by atoms with van der Waals surface area (Å²) in [6, 6.07) is 0. The van der Waals surface area contributed by atoms with E-state index in [2.05, 4.69) is 12.2 Å². The molecule has 0 aromatic rings. The van der Waals surface area contributed by atoms with E-state index in [1.54, 1.807) is 0 Å². The summed E-state index contributed by atoms with van der Waals surface area (Å²) in [5, 5.41) is 3.17. The molecule has 0 bridgehead atoms. The van der Waals surface area contributed by atoms with Gasteiger partial charge in [0.05, 0.1) is 0 Å². The van der Waals surface area contributed by atoms with Crippen molar-refractivity contribution in [2.45, 2.75) is 31.7 Å². The minimum Gasteiger partial charge on any atom is -0.309 e. The van der Waals surface area contributed by atoms with Crippen molar-refractivity contribution >= 4 is 0 Å². The smallest absolute Gasteiger partial charge is 0.102 e. The Morgan fingerprint density at radius 3 is 2.56 bits per heavy atom. The molecule has 54 valence electrons. The van der Waals surface area contributed by atoms with Crippen LogP contribution in [0.15, 0.2) is 0 Å². The van der Waals surface area contributed by atoms with E-state index in [1.165, 1.54) is 19.3 Å². The predicted molar refractivity (Wildman–Crippen MR) is 36.2 cm³/mol. The molecule has 0 aliphatic heterocycles. The van der Waals surface area contributed by atoms with Gasteiger partial charge in [-0.05, 0) is 26.2 Å². The molecule has 0 saturated heterocycles. The first-order chi connectivity index (χ1) is 4.27. The predicted octanol–water partition coefficient (Wildman–Crippen LogP) is 1.49. The normalized spacial score (nSPS) is 23.3. The lowest BCUT2D eigenvalue weighted by atomic mass is 9.79. The minimum absolute atomic E-state index is 0.240. The molecular weight excluding hydrogens is 117 g/mol. The Bertz CT molecular complexity index is 88.9. The Kier molecular flexibility index (Phi) is 2.06. The van der Waals surface area contributed by atoms with Gasteiger partial charge in [0.2, 0.25) is 0 Å². The fraction of sp³-hybridized carbons (Fsp3) is 1.00. The summed E-state index contributed by atoms with van der Waals surface area (Å²) in [6.07, 6.45) is 3.73. The third-order valence-electron chi connectivity index (χ3n) is 2.10. The molecule has 9 heavy (non-hydrogen) atoms. The van der Waals surface area contributed by atoms with Crippen LogP contribution in [-0.2, 0) is 0 Å². The molecule has 0 radical (unpaired) electrons. The van der Waals surface area contributed by atoms with Crippen molar-refractivity contribution in [2.24, 2.45) is 0 Å². The molecule has 1 aliphatic carbocycles. The van der Waals surface area contributed by atoms with Crippen molar-refractivity contribution in [2.75, 3.05) is 13.2 Å². The SMILES string of the molecule is CC1(NCCF)CCC1. The highest BCUT2D eigenvalue weighted by atomic mass is 19.1. The molecule has 1 N–H and O–H groups in total. The summed E-state index contributed by atoms with van der Waals surface area (Å²) in [7, 11) is 0. The van der Waals surface area contributed by atoms with Crippen LogP contribution in [0.3, 0.4) is 0 Å². The van der Waals surface area contributed by atoms with Gasteiger partial charge in [0.1, 0.15) is 6.67 Å². The van der Waals surface area contributed by atoms with Gasteiger partial charge >= 0.3 is 0 Å². The maximum Gasteiger partial charge on any atom is 0.102 e. The van der Waals surface area contributed by atoms with Crippen molar-refractivity contribution in [1.29, 1.82) is 0 Å². The number of alkyl halides is 1. The molecule has 0 aromatic heterocycles. The zero-order valence-electron chi connectivity index (χ0n) is 5.91. The van der Waals surface area contributed by atoms with Gasteiger partial charge in [0.15, 0.2) is 0 Å². The number of hydrogen-bond acceptors (Lipinski definition) is 1. The molecule has 0 atom stereocenters. The van der Waals surface area contributed by atoms with Crippen molar-refractivity contribution in [3.05, 3.63) is 0 Å². The highest BCUT2D eigenvalue weighted by Crippen LogP contribution is 2.30. The Hall–Kier alpha value is -0.110. The van der Waals surface area contributed by atoms with Crippen LogP contribution in [0.4, 0.5) is 4.39 Å². The highest BCUT2D eigenvalue weighted by Gasteiger charge is 2.30. The van der Waals surface area contributed by atoms with Crippen LogP contribution in [0.25, 0.3) is 0 Å². The van der Waals surface area contributed by atoms with Crippen molar-refractivity contribution in [3.63, 3.8) is 0 Å². The third-order valence-corrected chi connectivity index (χ3v) is 2.10. The van der Waals surface area contributed by atoms with E-state index >= 15 is 0 Å². The second-order valence-electron chi connectivity index (χ2n) is 3.03. The van der Waals surface area contributed by atoms with Gasteiger partial charge in [-0.3, -0.25) is 0 Å². The Morgan fingerprint density at radius 1 is 1.56 bits per heavy atom. The molecule has 1 aliphatic rings. The van der Waals surface area contributed by atoms with E-state index in [0.29, 0.717) is 6.54 Å². The van der Waals surface area contributed by atoms with Gasteiger partial charge in [-0.15, -0.1) is 0 Å². The molecule has 1 fully saturated rings. The van der Waals surface area contributed by atoms with Gasteiger partial charge in [-0.25, -0.2) is 4.39 Å². The standard InChI is InChI=1S/C7H14FN/c1-7(3-2-4-7)9-6-5-8/h9H,2-6H2,1H3. The molecule has 0 spiro atoms. The summed E-state index contributed by atoms with van der Waals surface area (Å²) in [6.45, 7) is 2.44. The Morgan fingerprint density at radius 2 is 2.22 bits per heavy atom. The lowest BCUT2D eigenvalue weighted by molar-refractivity contribution is 0.203. The number of nitrogens with one attached hydrogen (secondary N) is 1. The van der Waals surface area contributed by atoms with Gasteiger partial charge < -0.3 is 5.32 Å². The van der Waals surface area contributed by atoms with Crippen LogP contribution in [0.1, 0.15) is 26.2 Å². The van der Waals surface area contributed by atoms with Crippen molar-refractivity contribution in [3.8, 4) is 0 Å². The van der Waals surface area contributed by atoms with Crippen LogP contribution in [0.5, 0.6) is 0 Å². The van der Waals surface area contributed by atoms with Crippen LogP contribution >= 0.6 is 0 Å². The van der Waals surface area contributed by atoms with E-state index in [-0.39, 0.29) is 12.2 Å². The van der Waals surface area contributed by atoms with Crippen molar-refractivity contribution < 1.29 is 4.39 Å². The summed E-state index contributed by atoms with van der Waals surface area (Å²) in [5.74, 6) is 0. The van der Waals surface area contributed by atoms with Crippen LogP contribution < -0.4 is 5.32 Å². The quantitative estimate of drug-likeness (QED) is 0.612. The number of rotatable bonds is 3. The summed E-state index contributed by atoms with van der Waals surface area (Å²) in [5.41, 5.74) is 0.284. The Balaban J connectivity index is 2.09. The molecule has 1 saturated carbocycles. The van der Waals surface area contributed by atoms with Gasteiger partial charge in [-0.2, -0.15) is 0 Å². The molecule has 1 nitrogen and oxygen atoms in total. The van der Waals surface area contributed by atoms with Crippen molar-refractivity contribution in [1.82, 2.24) is 5.32 Å². The zero-order valence-corrected chi connectivity index (χ0v) is 5.91. The molecule has 0 unspecified atom stereocenters. The second kappa shape index (κ2) is 2.65. The van der Waals surface area contributed by atoms with E-state index in [1.807, 2.05) is 0 Å². The maximum atomic E-state index is 11.6. The van der Waals surface area contributed by atoms with E-state index < -0.39 is 0 Å². The number of halogens is 1. The van der Waals surface area contributed by atoms with Gasteiger partial charge in [0, 0.05) is 12.1 Å². The van der Waals surface area contributed by atoms with Crippen LogP contribution in [0.2, 0.25) is 0 Å². The molecular formula is C7H14FN. The van der Waals surface area contributed by atoms with E-state index in [4.69, 9.17) is 0 Å². The summed E-state index contributed by atoms with van der Waals surface area (Å²) in [4.78, 5) is 0. The van der Waals surface area contributed by atoms with Crippen LogP contribution in [-0.4, -0.2) is 18.8 Å². The third kappa shape index (κ3) is 1.65. The first kappa shape index (κ1) is 7.00. The highest BCUT2D eigenvalue weighted by molar-refractivity contribution is 4.90. The molecule has 0 heterocycles. The van der Waals surface area contributed by atoms with E-state index in [0.717, 1.165) is 0 Å². The molecule has 0 amide bonds. The molecule has 0 aromatic carbocycles. The summed E-state index contributed by atoms with van der Waals surface area (Å²) < 4.78 is 11.6. The monoisotopic (exact) mass is 131 g/mol. The molecule has 2 heteroatoms. The minimum atomic E-state index is -0.240. The lowest BCUT2D eigenvalue weighted by Gasteiger charge is -2.39. The topological polar surface area (TPSA) is 12.0 Å². The average Bonchev–Trinajstić information content (AvgIpc) is 1.79.